The van der Waals surface area contributed by atoms with E-state index in [0.29, 0.717) is 6.54 Å². The Labute approximate surface area is 115 Å². The minimum Gasteiger partial charge on any atom is -0.387 e. The van der Waals surface area contributed by atoms with E-state index in [-0.39, 0.29) is 12.1 Å². The molecular formula is C14H17F2N3O. The maximum Gasteiger partial charge on any atom is 0.131 e. The Bertz CT molecular complexity index is 579. The van der Waals surface area contributed by atoms with Crippen LogP contribution in [0.1, 0.15) is 28.6 Å². The van der Waals surface area contributed by atoms with E-state index in [1.54, 1.807) is 0 Å². The summed E-state index contributed by atoms with van der Waals surface area (Å²) in [5.74, 6) is -1.40. The lowest BCUT2D eigenvalue weighted by Gasteiger charge is -2.13. The molecule has 0 fully saturated rings. The first-order chi connectivity index (χ1) is 9.49. The third kappa shape index (κ3) is 3.20. The van der Waals surface area contributed by atoms with Crippen molar-refractivity contribution >= 4 is 0 Å². The summed E-state index contributed by atoms with van der Waals surface area (Å²) in [6.07, 6.45) is -1.02. The van der Waals surface area contributed by atoms with Gasteiger partial charge >= 0.3 is 0 Å². The third-order valence-electron chi connectivity index (χ3n) is 3.24. The van der Waals surface area contributed by atoms with Gasteiger partial charge in [-0.1, -0.05) is 6.07 Å². The minimum atomic E-state index is -1.02. The fourth-order valence-corrected chi connectivity index (χ4v) is 2.05. The number of aromatic nitrogens is 2. The lowest BCUT2D eigenvalue weighted by atomic mass is 10.1. The van der Waals surface area contributed by atoms with Crippen molar-refractivity contribution in [2.24, 2.45) is 0 Å². The summed E-state index contributed by atoms with van der Waals surface area (Å²) >= 11 is 0. The van der Waals surface area contributed by atoms with Gasteiger partial charge in [-0.25, -0.2) is 8.78 Å². The molecule has 0 saturated heterocycles. The van der Waals surface area contributed by atoms with Crippen LogP contribution in [0.3, 0.4) is 0 Å². The summed E-state index contributed by atoms with van der Waals surface area (Å²) in [6, 6.07) is 3.15. The first kappa shape index (κ1) is 14.6. The first-order valence-corrected chi connectivity index (χ1v) is 6.33. The van der Waals surface area contributed by atoms with E-state index in [4.69, 9.17) is 0 Å². The number of H-pyrrole nitrogens is 1. The quantitative estimate of drug-likeness (QED) is 0.787. The normalized spacial score (nSPS) is 12.7. The zero-order valence-electron chi connectivity index (χ0n) is 11.4. The van der Waals surface area contributed by atoms with E-state index < -0.39 is 17.7 Å². The van der Waals surface area contributed by atoms with Gasteiger partial charge in [0.2, 0.25) is 0 Å². The summed E-state index contributed by atoms with van der Waals surface area (Å²) in [4.78, 5) is 0. The number of benzene rings is 1. The number of nitrogens with one attached hydrogen (secondary N) is 2. The molecule has 2 aromatic rings. The molecule has 3 N–H and O–H groups in total. The van der Waals surface area contributed by atoms with Crippen LogP contribution in [-0.4, -0.2) is 21.8 Å². The monoisotopic (exact) mass is 281 g/mol. The molecule has 0 aliphatic carbocycles. The predicted molar refractivity (Wildman–Crippen MR) is 71.1 cm³/mol. The molecule has 0 aliphatic rings. The Hall–Kier alpha value is -1.79. The van der Waals surface area contributed by atoms with Crippen molar-refractivity contribution in [2.45, 2.75) is 26.5 Å². The van der Waals surface area contributed by atoms with E-state index in [1.807, 2.05) is 13.8 Å². The van der Waals surface area contributed by atoms with Crippen LogP contribution in [0.4, 0.5) is 8.78 Å². The second-order valence-corrected chi connectivity index (χ2v) is 4.73. The molecule has 20 heavy (non-hydrogen) atoms. The summed E-state index contributed by atoms with van der Waals surface area (Å²) in [6.45, 7) is 4.49. The number of aliphatic hydroxyl groups is 1. The van der Waals surface area contributed by atoms with Gasteiger partial charge < -0.3 is 10.4 Å². The molecule has 108 valence electrons. The van der Waals surface area contributed by atoms with Crippen LogP contribution >= 0.6 is 0 Å². The van der Waals surface area contributed by atoms with Gasteiger partial charge in [0.25, 0.3) is 0 Å². The molecule has 0 aliphatic heterocycles. The van der Waals surface area contributed by atoms with E-state index in [9.17, 15) is 13.9 Å². The Morgan fingerprint density at radius 3 is 2.70 bits per heavy atom. The van der Waals surface area contributed by atoms with Gasteiger partial charge in [0.1, 0.15) is 11.6 Å². The Kier molecular flexibility index (Phi) is 4.46. The number of aliphatic hydroxyl groups excluding tert-OH is 1. The highest BCUT2D eigenvalue weighted by molar-refractivity contribution is 5.23. The largest absolute Gasteiger partial charge is 0.387 e. The van der Waals surface area contributed by atoms with E-state index in [2.05, 4.69) is 15.5 Å². The Balaban J connectivity index is 1.94. The Morgan fingerprint density at radius 1 is 1.35 bits per heavy atom. The smallest absolute Gasteiger partial charge is 0.131 e. The molecule has 0 saturated carbocycles. The van der Waals surface area contributed by atoms with Gasteiger partial charge in [-0.3, -0.25) is 5.10 Å². The molecule has 6 heteroatoms. The minimum absolute atomic E-state index is 0.0829. The number of hydrogen-bond acceptors (Lipinski definition) is 3. The second kappa shape index (κ2) is 6.11. The third-order valence-corrected chi connectivity index (χ3v) is 3.24. The highest BCUT2D eigenvalue weighted by Gasteiger charge is 2.14. The van der Waals surface area contributed by atoms with Crippen molar-refractivity contribution in [3.8, 4) is 0 Å². The molecule has 0 spiro atoms. The zero-order valence-corrected chi connectivity index (χ0v) is 11.4. The molecule has 0 radical (unpaired) electrons. The molecule has 4 nitrogen and oxygen atoms in total. The van der Waals surface area contributed by atoms with E-state index in [0.717, 1.165) is 29.1 Å². The molecule has 1 atom stereocenters. The zero-order chi connectivity index (χ0) is 14.7. The number of rotatable bonds is 5. The van der Waals surface area contributed by atoms with Crippen molar-refractivity contribution < 1.29 is 13.9 Å². The Morgan fingerprint density at radius 2 is 2.10 bits per heavy atom. The SMILES string of the molecule is Cc1n[nH]c(C)c1CNC[C@H](O)c1ccc(F)cc1F. The van der Waals surface area contributed by atoms with Crippen molar-refractivity contribution in [1.29, 1.82) is 0 Å². The van der Waals surface area contributed by atoms with E-state index in [1.165, 1.54) is 6.07 Å². The highest BCUT2D eigenvalue weighted by Crippen LogP contribution is 2.17. The van der Waals surface area contributed by atoms with Crippen LogP contribution in [0.2, 0.25) is 0 Å². The molecule has 0 unspecified atom stereocenters. The van der Waals surface area contributed by atoms with Crippen LogP contribution in [0.5, 0.6) is 0 Å². The second-order valence-electron chi connectivity index (χ2n) is 4.73. The average molecular weight is 281 g/mol. The lowest BCUT2D eigenvalue weighted by molar-refractivity contribution is 0.169. The molecule has 1 aromatic heterocycles. The van der Waals surface area contributed by atoms with Crippen LogP contribution in [0.15, 0.2) is 18.2 Å². The van der Waals surface area contributed by atoms with Crippen molar-refractivity contribution in [2.75, 3.05) is 6.54 Å². The number of hydrogen-bond donors (Lipinski definition) is 3. The maximum absolute atomic E-state index is 13.5. The lowest BCUT2D eigenvalue weighted by Crippen LogP contribution is -2.22. The van der Waals surface area contributed by atoms with E-state index >= 15 is 0 Å². The van der Waals surface area contributed by atoms with Crippen molar-refractivity contribution in [3.05, 3.63) is 52.3 Å². The van der Waals surface area contributed by atoms with Gasteiger partial charge in [-0.15, -0.1) is 0 Å². The summed E-state index contributed by atoms with van der Waals surface area (Å²) in [5.41, 5.74) is 2.95. The van der Waals surface area contributed by atoms with Crippen molar-refractivity contribution in [1.82, 2.24) is 15.5 Å². The van der Waals surface area contributed by atoms with Gasteiger partial charge in [-0.2, -0.15) is 5.10 Å². The fourth-order valence-electron chi connectivity index (χ4n) is 2.05. The summed E-state index contributed by atoms with van der Waals surface area (Å²) < 4.78 is 26.3. The van der Waals surface area contributed by atoms with Crippen LogP contribution < -0.4 is 5.32 Å². The maximum atomic E-state index is 13.5. The number of aryl methyl sites for hydroxylation is 2. The van der Waals surface area contributed by atoms with Crippen LogP contribution in [-0.2, 0) is 6.54 Å². The van der Waals surface area contributed by atoms with Gasteiger partial charge in [0, 0.05) is 36.0 Å². The van der Waals surface area contributed by atoms with Gasteiger partial charge in [0.15, 0.2) is 0 Å². The molecule has 2 rings (SSSR count). The average Bonchev–Trinajstić information content (AvgIpc) is 2.70. The summed E-state index contributed by atoms with van der Waals surface area (Å²) in [5, 5.41) is 19.9. The number of nitrogens with zero attached hydrogens (tertiary/aromatic N) is 1. The van der Waals surface area contributed by atoms with Crippen molar-refractivity contribution in [3.63, 3.8) is 0 Å². The van der Waals surface area contributed by atoms with Gasteiger partial charge in [-0.05, 0) is 19.9 Å². The molecule has 1 heterocycles. The molecule has 0 amide bonds. The first-order valence-electron chi connectivity index (χ1n) is 6.33. The summed E-state index contributed by atoms with van der Waals surface area (Å²) in [7, 11) is 0. The van der Waals surface area contributed by atoms with Crippen LogP contribution in [0, 0.1) is 25.5 Å². The highest BCUT2D eigenvalue weighted by atomic mass is 19.1. The predicted octanol–water partition coefficient (Wildman–Crippen LogP) is 2.13. The fraction of sp³-hybridized carbons (Fsp3) is 0.357. The topological polar surface area (TPSA) is 60.9 Å². The number of halogens is 2. The molecule has 0 bridgehead atoms. The molecular weight excluding hydrogens is 264 g/mol. The molecule has 1 aromatic carbocycles. The van der Waals surface area contributed by atoms with Gasteiger partial charge in [0.05, 0.1) is 11.8 Å². The standard InChI is InChI=1S/C14H17F2N3O/c1-8-12(9(2)19-18-8)6-17-7-14(20)11-4-3-10(15)5-13(11)16/h3-5,14,17,20H,6-7H2,1-2H3,(H,18,19)/t14-/m0/s1. The number of aromatic amines is 1. The van der Waals surface area contributed by atoms with Crippen LogP contribution in [0.25, 0.3) is 0 Å².